The van der Waals surface area contributed by atoms with E-state index in [1.54, 1.807) is 23.1 Å². The molecule has 3 aromatic heterocycles. The first-order valence-corrected chi connectivity index (χ1v) is 12.6. The number of anilines is 2. The van der Waals surface area contributed by atoms with Crippen molar-refractivity contribution in [2.24, 2.45) is 0 Å². The summed E-state index contributed by atoms with van der Waals surface area (Å²) < 4.78 is 6.73. The van der Waals surface area contributed by atoms with Crippen LogP contribution in [0.15, 0.2) is 47.5 Å². The zero-order valence-corrected chi connectivity index (χ0v) is 20.0. The Morgan fingerprint density at radius 3 is 2.66 bits per heavy atom. The zero-order valence-electron chi connectivity index (χ0n) is 18.4. The van der Waals surface area contributed by atoms with Crippen LogP contribution in [0.1, 0.15) is 5.56 Å². The summed E-state index contributed by atoms with van der Waals surface area (Å²) in [5.41, 5.74) is 4.36. The van der Waals surface area contributed by atoms with E-state index in [4.69, 9.17) is 14.7 Å². The molecule has 1 aliphatic heterocycles. The summed E-state index contributed by atoms with van der Waals surface area (Å²) in [6.45, 7) is 5.26. The molecule has 1 saturated heterocycles. The largest absolute Gasteiger partial charge is 0.378 e. The minimum Gasteiger partial charge on any atom is -0.378 e. The first-order chi connectivity index (χ1) is 15.7. The predicted molar refractivity (Wildman–Crippen MR) is 135 cm³/mol. The number of pyridine rings is 1. The molecule has 32 heavy (non-hydrogen) atoms. The molecule has 5 rings (SSSR count). The maximum absolute atomic E-state index is 5.60. The van der Waals surface area contributed by atoms with Gasteiger partial charge in [-0.2, -0.15) is 0 Å². The van der Waals surface area contributed by atoms with Crippen LogP contribution >= 0.6 is 23.1 Å². The van der Waals surface area contributed by atoms with Gasteiger partial charge in [-0.3, -0.25) is 0 Å². The third-order valence-corrected chi connectivity index (χ3v) is 7.72. The second kappa shape index (κ2) is 9.05. The SMILES string of the molecule is CNc1ccc(-c2nc(N3CCOCC3)c3sc(-c4cccc(SC)c4)c(C)c3n2)cn1. The highest BCUT2D eigenvalue weighted by Gasteiger charge is 2.23. The van der Waals surface area contributed by atoms with E-state index in [1.807, 2.05) is 25.4 Å². The van der Waals surface area contributed by atoms with Gasteiger partial charge in [0, 0.05) is 41.7 Å². The fraction of sp³-hybridized carbons (Fsp3) is 0.292. The van der Waals surface area contributed by atoms with Gasteiger partial charge in [0.15, 0.2) is 11.6 Å². The highest BCUT2D eigenvalue weighted by molar-refractivity contribution is 7.98. The molecule has 6 nitrogen and oxygen atoms in total. The maximum Gasteiger partial charge on any atom is 0.163 e. The molecule has 0 bridgehead atoms. The minimum atomic E-state index is 0.708. The van der Waals surface area contributed by atoms with E-state index < -0.39 is 0 Å². The molecule has 0 unspecified atom stereocenters. The van der Waals surface area contributed by atoms with Gasteiger partial charge in [-0.05, 0) is 48.6 Å². The second-order valence-electron chi connectivity index (χ2n) is 7.62. The number of rotatable bonds is 5. The number of nitrogens with one attached hydrogen (secondary N) is 1. The number of nitrogens with zero attached hydrogens (tertiary/aromatic N) is 4. The molecule has 0 aliphatic carbocycles. The van der Waals surface area contributed by atoms with Crippen LogP contribution in [0.2, 0.25) is 0 Å². The van der Waals surface area contributed by atoms with Crippen LogP contribution < -0.4 is 10.2 Å². The quantitative estimate of drug-likeness (QED) is 0.401. The van der Waals surface area contributed by atoms with E-state index >= 15 is 0 Å². The van der Waals surface area contributed by atoms with Crippen molar-refractivity contribution in [3.8, 4) is 21.8 Å². The molecule has 164 valence electrons. The highest BCUT2D eigenvalue weighted by Crippen LogP contribution is 2.42. The van der Waals surface area contributed by atoms with Crippen molar-refractivity contribution in [1.82, 2.24) is 15.0 Å². The van der Waals surface area contributed by atoms with E-state index in [0.717, 1.165) is 40.5 Å². The van der Waals surface area contributed by atoms with Crippen molar-refractivity contribution < 1.29 is 4.74 Å². The predicted octanol–water partition coefficient (Wildman–Crippen LogP) is 5.33. The summed E-state index contributed by atoms with van der Waals surface area (Å²) >= 11 is 3.55. The molecule has 0 amide bonds. The summed E-state index contributed by atoms with van der Waals surface area (Å²) in [5, 5.41) is 3.06. The lowest BCUT2D eigenvalue weighted by molar-refractivity contribution is 0.122. The summed E-state index contributed by atoms with van der Waals surface area (Å²) in [4.78, 5) is 19.4. The number of hydrogen-bond donors (Lipinski definition) is 1. The van der Waals surface area contributed by atoms with E-state index in [0.29, 0.717) is 19.0 Å². The molecular weight excluding hydrogens is 438 g/mol. The first-order valence-electron chi connectivity index (χ1n) is 10.6. The van der Waals surface area contributed by atoms with Gasteiger partial charge in [0.05, 0.1) is 23.4 Å². The molecular formula is C24H25N5OS2. The third kappa shape index (κ3) is 3.94. The van der Waals surface area contributed by atoms with Crippen LogP contribution in [0.3, 0.4) is 0 Å². The van der Waals surface area contributed by atoms with Crippen LogP contribution in [0.25, 0.3) is 32.0 Å². The van der Waals surface area contributed by atoms with Crippen LogP contribution in [0.5, 0.6) is 0 Å². The van der Waals surface area contributed by atoms with Crippen molar-refractivity contribution in [3.63, 3.8) is 0 Å². The summed E-state index contributed by atoms with van der Waals surface area (Å²) in [6.07, 6.45) is 3.94. The van der Waals surface area contributed by atoms with Crippen molar-refractivity contribution in [1.29, 1.82) is 0 Å². The molecule has 1 fully saturated rings. The van der Waals surface area contributed by atoms with E-state index in [1.165, 1.54) is 20.9 Å². The standard InChI is InChI=1S/C24H25N5OS2/c1-15-20-22(32-21(15)16-5-4-6-18(13-16)31-3)24(29-9-11-30-12-10-29)28-23(27-20)17-7-8-19(25-2)26-14-17/h4-8,13-14H,9-12H2,1-3H3,(H,25,26). The van der Waals surface area contributed by atoms with E-state index in [-0.39, 0.29) is 0 Å². The normalized spacial score (nSPS) is 14.2. The van der Waals surface area contributed by atoms with Gasteiger partial charge in [-0.25, -0.2) is 15.0 Å². The molecule has 4 heterocycles. The number of fused-ring (bicyclic) bond motifs is 1. The summed E-state index contributed by atoms with van der Waals surface area (Å²) in [6, 6.07) is 12.7. The molecule has 1 aromatic carbocycles. The van der Waals surface area contributed by atoms with Crippen LogP contribution in [-0.2, 0) is 4.74 Å². The molecule has 8 heteroatoms. The lowest BCUT2D eigenvalue weighted by Crippen LogP contribution is -2.36. The zero-order chi connectivity index (χ0) is 22.1. The monoisotopic (exact) mass is 463 g/mol. The Morgan fingerprint density at radius 2 is 1.94 bits per heavy atom. The van der Waals surface area contributed by atoms with Crippen molar-refractivity contribution in [2.75, 3.05) is 49.8 Å². The number of aromatic nitrogens is 3. The topological polar surface area (TPSA) is 63.2 Å². The Hall–Kier alpha value is -2.68. The van der Waals surface area contributed by atoms with Crippen LogP contribution in [-0.4, -0.2) is 54.6 Å². The number of benzene rings is 1. The Bertz CT molecular complexity index is 1250. The number of ether oxygens (including phenoxy) is 1. The van der Waals surface area contributed by atoms with Gasteiger partial charge in [0.25, 0.3) is 0 Å². The average Bonchev–Trinajstić information content (AvgIpc) is 3.20. The smallest absolute Gasteiger partial charge is 0.163 e. The molecule has 0 saturated carbocycles. The van der Waals surface area contributed by atoms with Gasteiger partial charge in [0.1, 0.15) is 5.82 Å². The second-order valence-corrected chi connectivity index (χ2v) is 9.52. The first kappa shape index (κ1) is 21.2. The highest BCUT2D eigenvalue weighted by atomic mass is 32.2. The number of aryl methyl sites for hydroxylation is 1. The molecule has 0 atom stereocenters. The lowest BCUT2D eigenvalue weighted by atomic mass is 10.1. The molecule has 0 spiro atoms. The van der Waals surface area contributed by atoms with E-state index in [9.17, 15) is 0 Å². The molecule has 1 aliphatic rings. The average molecular weight is 464 g/mol. The Balaban J connectivity index is 1.70. The van der Waals surface area contributed by atoms with Gasteiger partial charge >= 0.3 is 0 Å². The number of thioether (sulfide) groups is 1. The molecule has 4 aromatic rings. The molecule has 1 N–H and O–H groups in total. The Morgan fingerprint density at radius 1 is 1.09 bits per heavy atom. The van der Waals surface area contributed by atoms with Gasteiger partial charge in [-0.15, -0.1) is 23.1 Å². The fourth-order valence-corrected chi connectivity index (χ4v) is 5.62. The Kier molecular flexibility index (Phi) is 5.99. The minimum absolute atomic E-state index is 0.708. The number of morpholine rings is 1. The lowest BCUT2D eigenvalue weighted by Gasteiger charge is -2.28. The van der Waals surface area contributed by atoms with Crippen molar-refractivity contribution in [2.45, 2.75) is 11.8 Å². The van der Waals surface area contributed by atoms with Crippen LogP contribution in [0.4, 0.5) is 11.6 Å². The number of thiophene rings is 1. The van der Waals surface area contributed by atoms with Crippen molar-refractivity contribution >= 4 is 45.0 Å². The van der Waals surface area contributed by atoms with Gasteiger partial charge in [0.2, 0.25) is 0 Å². The van der Waals surface area contributed by atoms with Gasteiger partial charge < -0.3 is 15.0 Å². The third-order valence-electron chi connectivity index (χ3n) is 5.67. The number of hydrogen-bond acceptors (Lipinski definition) is 8. The van der Waals surface area contributed by atoms with E-state index in [2.05, 4.69) is 52.6 Å². The fourth-order valence-electron chi connectivity index (χ4n) is 3.91. The van der Waals surface area contributed by atoms with Crippen LogP contribution in [0, 0.1) is 6.92 Å². The molecule has 0 radical (unpaired) electrons. The summed E-state index contributed by atoms with van der Waals surface area (Å²) in [5.74, 6) is 2.52. The summed E-state index contributed by atoms with van der Waals surface area (Å²) in [7, 11) is 1.86. The Labute approximate surface area is 196 Å². The maximum atomic E-state index is 5.60. The van der Waals surface area contributed by atoms with Crippen molar-refractivity contribution in [3.05, 3.63) is 48.2 Å². The van der Waals surface area contributed by atoms with Gasteiger partial charge in [-0.1, -0.05) is 12.1 Å².